The van der Waals surface area contributed by atoms with Gasteiger partial charge in [-0.1, -0.05) is 31.2 Å². The van der Waals surface area contributed by atoms with Crippen LogP contribution in [0.15, 0.2) is 47.5 Å². The molecule has 0 aliphatic carbocycles. The summed E-state index contributed by atoms with van der Waals surface area (Å²) in [6.07, 6.45) is 2.20. The van der Waals surface area contributed by atoms with E-state index in [1.807, 2.05) is 41.8 Å². The summed E-state index contributed by atoms with van der Waals surface area (Å²) in [6, 6.07) is 11.4. The lowest BCUT2D eigenvalue weighted by atomic mass is 9.99. The van der Waals surface area contributed by atoms with Gasteiger partial charge in [-0.15, -0.1) is 11.3 Å². The van der Waals surface area contributed by atoms with Crippen LogP contribution < -0.4 is 4.74 Å². The third-order valence-electron chi connectivity index (χ3n) is 5.41. The Morgan fingerprint density at radius 3 is 2.68 bits per heavy atom. The monoisotopic (exact) mass is 396 g/mol. The van der Waals surface area contributed by atoms with Crippen LogP contribution in [-0.4, -0.2) is 41.8 Å². The van der Waals surface area contributed by atoms with Crippen molar-refractivity contribution in [1.29, 1.82) is 0 Å². The van der Waals surface area contributed by atoms with E-state index in [4.69, 9.17) is 4.74 Å². The van der Waals surface area contributed by atoms with Gasteiger partial charge >= 0.3 is 0 Å². The summed E-state index contributed by atoms with van der Waals surface area (Å²) in [5.41, 5.74) is 1.93. The van der Waals surface area contributed by atoms with Crippen LogP contribution in [0.1, 0.15) is 30.2 Å². The van der Waals surface area contributed by atoms with Gasteiger partial charge in [-0.2, -0.15) is 0 Å². The van der Waals surface area contributed by atoms with Crippen molar-refractivity contribution in [1.82, 2.24) is 9.80 Å². The Hall–Kier alpha value is -2.60. The first-order chi connectivity index (χ1) is 13.6. The number of benzene rings is 1. The maximum absolute atomic E-state index is 13.4. The Bertz CT molecular complexity index is 920. The van der Waals surface area contributed by atoms with Crippen LogP contribution in [0.4, 0.5) is 0 Å². The molecule has 1 atom stereocenters. The zero-order valence-electron chi connectivity index (χ0n) is 16.2. The fourth-order valence-electron chi connectivity index (χ4n) is 4.04. The fourth-order valence-corrected chi connectivity index (χ4v) is 4.80. The van der Waals surface area contributed by atoms with Gasteiger partial charge in [0.1, 0.15) is 11.4 Å². The first-order valence-corrected chi connectivity index (χ1v) is 10.5. The Morgan fingerprint density at radius 1 is 1.14 bits per heavy atom. The van der Waals surface area contributed by atoms with E-state index in [2.05, 4.69) is 11.8 Å². The molecule has 2 aliphatic heterocycles. The molecular weight excluding hydrogens is 372 g/mol. The highest BCUT2D eigenvalue weighted by atomic mass is 32.1. The van der Waals surface area contributed by atoms with Gasteiger partial charge in [0, 0.05) is 23.5 Å². The number of rotatable bonds is 5. The number of carbonyl (C=O) groups is 2. The van der Waals surface area contributed by atoms with E-state index in [1.165, 1.54) is 16.2 Å². The average molecular weight is 397 g/mol. The number of nitrogens with zero attached hydrogens (tertiary/aromatic N) is 2. The minimum absolute atomic E-state index is 0.201. The van der Waals surface area contributed by atoms with Crippen molar-refractivity contribution in [3.63, 3.8) is 0 Å². The van der Waals surface area contributed by atoms with Crippen molar-refractivity contribution in [2.75, 3.05) is 20.2 Å². The number of hydrogen-bond donors (Lipinski definition) is 0. The molecular formula is C22H24N2O3S. The predicted molar refractivity (Wildman–Crippen MR) is 110 cm³/mol. The SMILES string of the molecule is COc1ccccc1CN1C(=O)C(c2cccs2)=C(N2CCCC(C)C2)C1=O. The van der Waals surface area contributed by atoms with Crippen molar-refractivity contribution in [3.05, 3.63) is 57.9 Å². The second-order valence-corrected chi connectivity index (χ2v) is 8.35. The van der Waals surface area contributed by atoms with Crippen LogP contribution in [-0.2, 0) is 16.1 Å². The molecule has 1 unspecified atom stereocenters. The largest absolute Gasteiger partial charge is 0.496 e. The van der Waals surface area contributed by atoms with E-state index in [9.17, 15) is 9.59 Å². The minimum Gasteiger partial charge on any atom is -0.496 e. The molecule has 0 spiro atoms. The summed E-state index contributed by atoms with van der Waals surface area (Å²) >= 11 is 1.50. The summed E-state index contributed by atoms with van der Waals surface area (Å²) in [5, 5.41) is 1.94. The quantitative estimate of drug-likeness (QED) is 0.722. The van der Waals surface area contributed by atoms with Crippen LogP contribution in [0.5, 0.6) is 5.75 Å². The van der Waals surface area contributed by atoms with Gasteiger partial charge in [-0.3, -0.25) is 14.5 Å². The lowest BCUT2D eigenvalue weighted by molar-refractivity contribution is -0.138. The first-order valence-electron chi connectivity index (χ1n) is 9.61. The van der Waals surface area contributed by atoms with Gasteiger partial charge in [0.15, 0.2) is 0 Å². The Labute approximate surface area is 169 Å². The molecule has 1 aromatic heterocycles. The molecule has 146 valence electrons. The second kappa shape index (κ2) is 7.80. The Balaban J connectivity index is 1.71. The van der Waals surface area contributed by atoms with Gasteiger partial charge in [0.05, 0.1) is 19.2 Å². The van der Waals surface area contributed by atoms with E-state index >= 15 is 0 Å². The normalized spacial score (nSPS) is 20.3. The van der Waals surface area contributed by atoms with E-state index in [-0.39, 0.29) is 18.4 Å². The number of ether oxygens (including phenoxy) is 1. The maximum Gasteiger partial charge on any atom is 0.278 e. The Morgan fingerprint density at radius 2 is 1.96 bits per heavy atom. The first kappa shape index (κ1) is 18.7. The summed E-state index contributed by atoms with van der Waals surface area (Å²) in [7, 11) is 1.60. The van der Waals surface area contributed by atoms with Gasteiger partial charge in [0.2, 0.25) is 0 Å². The molecule has 5 nitrogen and oxygen atoms in total. The zero-order valence-corrected chi connectivity index (χ0v) is 17.0. The maximum atomic E-state index is 13.4. The number of hydrogen-bond acceptors (Lipinski definition) is 5. The molecule has 1 aromatic carbocycles. The number of para-hydroxylation sites is 1. The van der Waals surface area contributed by atoms with E-state index < -0.39 is 0 Å². The highest BCUT2D eigenvalue weighted by molar-refractivity contribution is 7.11. The van der Waals surface area contributed by atoms with Crippen molar-refractivity contribution >= 4 is 28.7 Å². The molecule has 0 N–H and O–H groups in total. The van der Waals surface area contributed by atoms with Crippen LogP contribution in [0, 0.1) is 5.92 Å². The number of amides is 2. The molecule has 2 amide bonds. The molecule has 0 radical (unpaired) electrons. The minimum atomic E-state index is -0.216. The van der Waals surface area contributed by atoms with Crippen LogP contribution in [0.25, 0.3) is 5.57 Å². The van der Waals surface area contributed by atoms with E-state index in [0.717, 1.165) is 36.4 Å². The molecule has 1 saturated heterocycles. The molecule has 2 aromatic rings. The highest BCUT2D eigenvalue weighted by Gasteiger charge is 2.42. The van der Waals surface area contributed by atoms with Crippen LogP contribution >= 0.6 is 11.3 Å². The molecule has 3 heterocycles. The molecule has 6 heteroatoms. The van der Waals surface area contributed by atoms with Crippen LogP contribution in [0.2, 0.25) is 0 Å². The summed E-state index contributed by atoms with van der Waals surface area (Å²) < 4.78 is 5.41. The standard InChI is InChI=1S/C22H24N2O3S/c1-15-7-5-11-23(13-15)20-19(18-10-6-12-28-18)21(25)24(22(20)26)14-16-8-3-4-9-17(16)27-2/h3-4,6,8-10,12,15H,5,7,11,13-14H2,1-2H3. The zero-order chi connectivity index (χ0) is 19.7. The number of likely N-dealkylation sites (tertiary alicyclic amines) is 1. The number of imide groups is 1. The third kappa shape index (κ3) is 3.33. The van der Waals surface area contributed by atoms with Crippen molar-refractivity contribution in [3.8, 4) is 5.75 Å². The smallest absolute Gasteiger partial charge is 0.278 e. The molecule has 2 aliphatic rings. The molecule has 1 fully saturated rings. The highest BCUT2D eigenvalue weighted by Crippen LogP contribution is 2.37. The van der Waals surface area contributed by atoms with Gasteiger partial charge in [-0.05, 0) is 36.3 Å². The second-order valence-electron chi connectivity index (χ2n) is 7.40. The fraction of sp³-hybridized carbons (Fsp3) is 0.364. The molecule has 0 bridgehead atoms. The summed E-state index contributed by atoms with van der Waals surface area (Å²) in [6.45, 7) is 4.04. The van der Waals surface area contributed by atoms with Crippen molar-refractivity contribution in [2.45, 2.75) is 26.3 Å². The van der Waals surface area contributed by atoms with Crippen molar-refractivity contribution in [2.24, 2.45) is 5.92 Å². The van der Waals surface area contributed by atoms with Gasteiger partial charge in [0.25, 0.3) is 11.8 Å². The van der Waals surface area contributed by atoms with Crippen LogP contribution in [0.3, 0.4) is 0 Å². The molecule has 0 saturated carbocycles. The van der Waals surface area contributed by atoms with Gasteiger partial charge < -0.3 is 9.64 Å². The van der Waals surface area contributed by atoms with E-state index in [0.29, 0.717) is 22.9 Å². The predicted octanol–water partition coefficient (Wildman–Crippen LogP) is 3.77. The lowest BCUT2D eigenvalue weighted by Gasteiger charge is -2.33. The summed E-state index contributed by atoms with van der Waals surface area (Å²) in [4.78, 5) is 31.1. The lowest BCUT2D eigenvalue weighted by Crippen LogP contribution is -2.39. The number of thiophene rings is 1. The number of piperidine rings is 1. The number of methoxy groups -OCH3 is 1. The number of carbonyl (C=O) groups excluding carboxylic acids is 2. The van der Waals surface area contributed by atoms with E-state index in [1.54, 1.807) is 7.11 Å². The topological polar surface area (TPSA) is 49.9 Å². The average Bonchev–Trinajstić information content (AvgIpc) is 3.30. The van der Waals surface area contributed by atoms with Gasteiger partial charge in [-0.25, -0.2) is 0 Å². The molecule has 4 rings (SSSR count). The molecule has 28 heavy (non-hydrogen) atoms. The Kier molecular flexibility index (Phi) is 5.22. The summed E-state index contributed by atoms with van der Waals surface area (Å²) in [5.74, 6) is 0.776. The third-order valence-corrected chi connectivity index (χ3v) is 6.29. The van der Waals surface area contributed by atoms with Crippen molar-refractivity contribution < 1.29 is 14.3 Å².